The topological polar surface area (TPSA) is 55.8 Å². The first-order valence-corrected chi connectivity index (χ1v) is 7.13. The quantitative estimate of drug-likeness (QED) is 0.783. The first-order valence-electron chi connectivity index (χ1n) is 7.13. The highest BCUT2D eigenvalue weighted by atomic mass is 16.6. The number of esters is 1. The Kier molecular flexibility index (Phi) is 4.83. The Morgan fingerprint density at radius 3 is 2.90 bits per heavy atom. The summed E-state index contributed by atoms with van der Waals surface area (Å²) in [6.45, 7) is 6.68. The molecule has 0 bridgehead atoms. The van der Waals surface area contributed by atoms with Gasteiger partial charge in [-0.15, -0.1) is 0 Å². The van der Waals surface area contributed by atoms with Crippen molar-refractivity contribution in [1.82, 2.24) is 4.90 Å². The summed E-state index contributed by atoms with van der Waals surface area (Å²) in [5, 5.41) is 0. The van der Waals surface area contributed by atoms with Crippen LogP contribution >= 0.6 is 0 Å². The first-order chi connectivity index (χ1) is 9.95. The minimum atomic E-state index is -0.380. The Morgan fingerprint density at radius 1 is 1.48 bits per heavy atom. The summed E-state index contributed by atoms with van der Waals surface area (Å²) in [6.07, 6.45) is -0.739. The maximum absolute atomic E-state index is 11.8. The minimum Gasteiger partial charge on any atom is -0.462 e. The molecule has 1 aliphatic rings. The molecule has 1 aliphatic heterocycles. The predicted octanol–water partition coefficient (Wildman–Crippen LogP) is 2.69. The van der Waals surface area contributed by atoms with Gasteiger partial charge in [-0.2, -0.15) is 0 Å². The van der Waals surface area contributed by atoms with Crippen molar-refractivity contribution in [3.63, 3.8) is 0 Å². The second-order valence-electron chi connectivity index (χ2n) is 5.59. The highest BCUT2D eigenvalue weighted by molar-refractivity contribution is 5.70. The van der Waals surface area contributed by atoms with Gasteiger partial charge in [0.15, 0.2) is 6.10 Å². The van der Waals surface area contributed by atoms with Gasteiger partial charge >= 0.3 is 12.1 Å². The van der Waals surface area contributed by atoms with Crippen molar-refractivity contribution < 1.29 is 19.1 Å². The van der Waals surface area contributed by atoms with Crippen LogP contribution in [-0.2, 0) is 20.8 Å². The Morgan fingerprint density at radius 2 is 2.24 bits per heavy atom. The van der Waals surface area contributed by atoms with Gasteiger partial charge in [-0.3, -0.25) is 4.79 Å². The molecule has 1 amide bonds. The molecule has 0 aromatic heterocycles. The van der Waals surface area contributed by atoms with Gasteiger partial charge in [-0.1, -0.05) is 38.1 Å². The van der Waals surface area contributed by atoms with Gasteiger partial charge in [0.1, 0.15) is 6.61 Å². The lowest BCUT2D eigenvalue weighted by atomic mass is 10.0. The molecule has 0 saturated carbocycles. The van der Waals surface area contributed by atoms with E-state index >= 15 is 0 Å². The fourth-order valence-electron chi connectivity index (χ4n) is 2.27. The van der Waals surface area contributed by atoms with Gasteiger partial charge in [0.05, 0.1) is 6.54 Å². The van der Waals surface area contributed by atoms with E-state index in [1.807, 2.05) is 12.1 Å². The van der Waals surface area contributed by atoms with Crippen molar-refractivity contribution in [3.8, 4) is 0 Å². The molecule has 5 heteroatoms. The number of rotatable bonds is 5. The molecular formula is C16H21NO4. The molecule has 1 aromatic rings. The normalized spacial score (nSPS) is 18.0. The second-order valence-corrected chi connectivity index (χ2v) is 5.59. The van der Waals surface area contributed by atoms with Crippen LogP contribution in [0.3, 0.4) is 0 Å². The van der Waals surface area contributed by atoms with E-state index in [4.69, 9.17) is 9.47 Å². The summed E-state index contributed by atoms with van der Waals surface area (Å²) in [5.74, 6) is 0.0846. The predicted molar refractivity (Wildman–Crippen MR) is 77.8 cm³/mol. The van der Waals surface area contributed by atoms with E-state index in [2.05, 4.69) is 26.0 Å². The number of ether oxygens (including phenoxy) is 2. The summed E-state index contributed by atoms with van der Waals surface area (Å²) < 4.78 is 10.1. The van der Waals surface area contributed by atoms with Crippen LogP contribution in [0.4, 0.5) is 4.79 Å². The maximum atomic E-state index is 11.8. The van der Waals surface area contributed by atoms with Gasteiger partial charge in [0.25, 0.3) is 0 Å². The molecule has 0 N–H and O–H groups in total. The molecular weight excluding hydrogens is 270 g/mol. The summed E-state index contributed by atoms with van der Waals surface area (Å²) >= 11 is 0. The molecule has 1 fully saturated rings. The van der Waals surface area contributed by atoms with E-state index in [0.29, 0.717) is 19.0 Å². The van der Waals surface area contributed by atoms with Crippen LogP contribution < -0.4 is 0 Å². The van der Waals surface area contributed by atoms with E-state index in [0.717, 1.165) is 5.56 Å². The molecule has 114 valence electrons. The largest absolute Gasteiger partial charge is 0.462 e. The average molecular weight is 291 g/mol. The van der Waals surface area contributed by atoms with Gasteiger partial charge in [0.2, 0.25) is 0 Å². The fourth-order valence-corrected chi connectivity index (χ4v) is 2.27. The van der Waals surface area contributed by atoms with Crippen LogP contribution in [0.15, 0.2) is 24.3 Å². The molecule has 1 unspecified atom stereocenters. The highest BCUT2D eigenvalue weighted by Gasteiger charge is 2.31. The minimum absolute atomic E-state index is 0.115. The van der Waals surface area contributed by atoms with Crippen LogP contribution in [0, 0.1) is 0 Å². The van der Waals surface area contributed by atoms with E-state index in [-0.39, 0.29) is 24.8 Å². The Balaban J connectivity index is 1.95. The Hall–Kier alpha value is -2.04. The third-order valence-corrected chi connectivity index (χ3v) is 3.41. The Bertz CT molecular complexity index is 527. The monoisotopic (exact) mass is 291 g/mol. The molecule has 0 radical (unpaired) electrons. The first kappa shape index (κ1) is 15.4. The average Bonchev–Trinajstić information content (AvgIpc) is 2.77. The standard InChI is InChI=1S/C16H21NO4/c1-11(2)14-6-4-5-13(7-14)8-17-9-15(21-16(17)19)10-20-12(3)18/h4-7,11,15H,8-10H2,1-3H3. The number of cyclic esters (lactones) is 1. The van der Waals surface area contributed by atoms with Crippen molar-refractivity contribution in [2.24, 2.45) is 0 Å². The van der Waals surface area contributed by atoms with E-state index in [9.17, 15) is 9.59 Å². The smallest absolute Gasteiger partial charge is 0.410 e. The second kappa shape index (κ2) is 6.61. The maximum Gasteiger partial charge on any atom is 0.410 e. The lowest BCUT2D eigenvalue weighted by molar-refractivity contribution is -0.143. The van der Waals surface area contributed by atoms with Crippen LogP contribution in [0.25, 0.3) is 0 Å². The van der Waals surface area contributed by atoms with Crippen molar-refractivity contribution in [2.75, 3.05) is 13.2 Å². The van der Waals surface area contributed by atoms with Crippen molar-refractivity contribution in [2.45, 2.75) is 39.3 Å². The molecule has 1 atom stereocenters. The van der Waals surface area contributed by atoms with Crippen LogP contribution in [0.2, 0.25) is 0 Å². The lowest BCUT2D eigenvalue weighted by Gasteiger charge is -2.14. The van der Waals surface area contributed by atoms with E-state index < -0.39 is 0 Å². The number of hydrogen-bond donors (Lipinski definition) is 0. The van der Waals surface area contributed by atoms with Crippen molar-refractivity contribution in [1.29, 1.82) is 0 Å². The summed E-state index contributed by atoms with van der Waals surface area (Å²) in [5.41, 5.74) is 2.32. The number of hydrogen-bond acceptors (Lipinski definition) is 4. The van der Waals surface area contributed by atoms with Gasteiger partial charge in [-0.25, -0.2) is 4.79 Å². The number of nitrogens with zero attached hydrogens (tertiary/aromatic N) is 1. The molecule has 21 heavy (non-hydrogen) atoms. The summed E-state index contributed by atoms with van der Waals surface area (Å²) in [7, 11) is 0. The number of carbonyl (C=O) groups is 2. The summed E-state index contributed by atoms with van der Waals surface area (Å²) in [6, 6.07) is 8.19. The number of benzene rings is 1. The van der Waals surface area contributed by atoms with Gasteiger partial charge in [-0.05, 0) is 17.0 Å². The number of amides is 1. The summed E-state index contributed by atoms with van der Waals surface area (Å²) in [4.78, 5) is 24.2. The molecule has 2 rings (SSSR count). The molecule has 0 aliphatic carbocycles. The lowest BCUT2D eigenvalue weighted by Crippen LogP contribution is -2.26. The molecule has 1 aromatic carbocycles. The van der Waals surface area contributed by atoms with Gasteiger partial charge < -0.3 is 14.4 Å². The molecule has 0 spiro atoms. The SMILES string of the molecule is CC(=O)OCC1CN(Cc2cccc(C(C)C)c2)C(=O)O1. The van der Waals surface area contributed by atoms with Crippen molar-refractivity contribution >= 4 is 12.1 Å². The highest BCUT2D eigenvalue weighted by Crippen LogP contribution is 2.19. The fraction of sp³-hybridized carbons (Fsp3) is 0.500. The number of carbonyl (C=O) groups excluding carboxylic acids is 2. The van der Waals surface area contributed by atoms with E-state index in [1.165, 1.54) is 12.5 Å². The van der Waals surface area contributed by atoms with Crippen LogP contribution in [-0.4, -0.2) is 36.2 Å². The zero-order chi connectivity index (χ0) is 15.4. The van der Waals surface area contributed by atoms with Crippen LogP contribution in [0.5, 0.6) is 0 Å². The Labute approximate surface area is 124 Å². The molecule has 5 nitrogen and oxygen atoms in total. The van der Waals surface area contributed by atoms with Gasteiger partial charge in [0, 0.05) is 13.5 Å². The molecule has 1 saturated heterocycles. The third-order valence-electron chi connectivity index (χ3n) is 3.41. The molecule has 1 heterocycles. The van der Waals surface area contributed by atoms with Crippen molar-refractivity contribution in [3.05, 3.63) is 35.4 Å². The zero-order valence-electron chi connectivity index (χ0n) is 12.7. The van der Waals surface area contributed by atoms with Crippen LogP contribution in [0.1, 0.15) is 37.8 Å². The zero-order valence-corrected chi connectivity index (χ0v) is 12.7. The van der Waals surface area contributed by atoms with E-state index in [1.54, 1.807) is 4.90 Å². The third kappa shape index (κ3) is 4.21.